The molecule has 2 aliphatic rings. The van der Waals surface area contributed by atoms with E-state index >= 15 is 0 Å². The van der Waals surface area contributed by atoms with Crippen molar-refractivity contribution in [3.8, 4) is 11.1 Å². The largest absolute Gasteiger partial charge is 0.298 e. The molecule has 0 unspecified atom stereocenters. The van der Waals surface area contributed by atoms with E-state index in [-0.39, 0.29) is 37.9 Å². The summed E-state index contributed by atoms with van der Waals surface area (Å²) < 4.78 is 0. The van der Waals surface area contributed by atoms with Crippen LogP contribution in [0.2, 0.25) is 0 Å². The summed E-state index contributed by atoms with van der Waals surface area (Å²) in [5.74, 6) is 0. The molecular weight excluding hydrogens is 307 g/mol. The van der Waals surface area contributed by atoms with E-state index in [1.54, 1.807) is 12.1 Å². The van der Waals surface area contributed by atoms with Crippen molar-refractivity contribution in [2.75, 3.05) is 0 Å². The molecule has 0 radical (unpaired) electrons. The van der Waals surface area contributed by atoms with Gasteiger partial charge in [0, 0.05) is 49.2 Å². The molecule has 5 heteroatoms. The van der Waals surface area contributed by atoms with Gasteiger partial charge in [-0.1, -0.05) is 36.4 Å². The van der Waals surface area contributed by atoms with Gasteiger partial charge in [0.15, 0.2) is 0 Å². The molecule has 2 aliphatic carbocycles. The summed E-state index contributed by atoms with van der Waals surface area (Å²) in [5, 5.41) is 36.2. The van der Waals surface area contributed by atoms with E-state index < -0.39 is 0 Å². The Hall–Kier alpha value is -2.39. The summed E-state index contributed by atoms with van der Waals surface area (Å²) in [5.41, 5.74) is 1.67. The van der Waals surface area contributed by atoms with E-state index in [0.29, 0.717) is 21.5 Å². The molecule has 0 heterocycles. The number of hydrogen-bond acceptors (Lipinski definition) is 4. The second-order valence-corrected chi connectivity index (χ2v) is 4.96. The van der Waals surface area contributed by atoms with Gasteiger partial charge in [-0.05, 0) is 0 Å². The molecule has 0 spiro atoms. The molecule has 0 bridgehead atoms. The number of nitrogens with one attached hydrogen (secondary N) is 4. The van der Waals surface area contributed by atoms with Crippen LogP contribution in [0.25, 0.3) is 32.7 Å². The van der Waals surface area contributed by atoms with Crippen LogP contribution in [0.1, 0.15) is 0 Å². The van der Waals surface area contributed by atoms with E-state index in [4.69, 9.17) is 21.6 Å². The van der Waals surface area contributed by atoms with Gasteiger partial charge in [0.05, 0.1) is 21.4 Å². The minimum absolute atomic E-state index is 0. The van der Waals surface area contributed by atoms with Gasteiger partial charge in [-0.15, -0.1) is 0 Å². The summed E-state index contributed by atoms with van der Waals surface area (Å²) in [4.78, 5) is 0. The van der Waals surface area contributed by atoms with Gasteiger partial charge in [-0.3, -0.25) is 21.6 Å². The second kappa shape index (κ2) is 4.30. The second-order valence-electron chi connectivity index (χ2n) is 4.96. The standard InChI is InChI=1S/C16H10N4.Ni/c17-13-7-3-1-4-8-11(7)12-9(15(13)19)5-2-6-10(12)16(20)14(8)18;/h1-6,17-20H;. The fourth-order valence-electron chi connectivity index (χ4n) is 3.02. The maximum absolute atomic E-state index is 8.17. The van der Waals surface area contributed by atoms with E-state index in [0.717, 1.165) is 11.1 Å². The molecule has 4 rings (SSSR count). The molecule has 0 amide bonds. The molecule has 0 atom stereocenters. The average Bonchev–Trinajstić information content (AvgIpc) is 2.48. The van der Waals surface area contributed by atoms with Crippen LogP contribution in [0.15, 0.2) is 36.4 Å². The van der Waals surface area contributed by atoms with Gasteiger partial charge in [0.1, 0.15) is 0 Å². The van der Waals surface area contributed by atoms with Crippen molar-refractivity contribution in [3.05, 3.63) is 57.8 Å². The molecule has 4 nitrogen and oxygen atoms in total. The molecule has 0 saturated carbocycles. The quantitative estimate of drug-likeness (QED) is 0.278. The van der Waals surface area contributed by atoms with Crippen molar-refractivity contribution < 1.29 is 16.5 Å². The van der Waals surface area contributed by atoms with Crippen LogP contribution in [-0.2, 0) is 16.5 Å². The van der Waals surface area contributed by atoms with E-state index in [1.807, 2.05) is 24.3 Å². The SMILES string of the molecule is N=c1c(=N)c2cccc3c2-c2c1cccc2c(=N)c3=N.[Ni]. The summed E-state index contributed by atoms with van der Waals surface area (Å²) in [6.07, 6.45) is 0. The van der Waals surface area contributed by atoms with Crippen LogP contribution in [0.5, 0.6) is 0 Å². The third-order valence-electron chi connectivity index (χ3n) is 3.96. The van der Waals surface area contributed by atoms with Gasteiger partial charge in [-0.25, -0.2) is 0 Å². The van der Waals surface area contributed by atoms with Crippen molar-refractivity contribution in [2.24, 2.45) is 0 Å². The topological polar surface area (TPSA) is 95.4 Å². The van der Waals surface area contributed by atoms with Crippen LogP contribution in [0, 0.1) is 21.6 Å². The number of rotatable bonds is 0. The first kappa shape index (κ1) is 13.6. The number of benzene rings is 4. The molecule has 2 aromatic carbocycles. The number of hydrogen-bond donors (Lipinski definition) is 4. The Balaban J connectivity index is 0.00000132. The van der Waals surface area contributed by atoms with Crippen molar-refractivity contribution in [1.29, 1.82) is 21.6 Å². The average molecular weight is 317 g/mol. The minimum Gasteiger partial charge on any atom is -0.298 e. The van der Waals surface area contributed by atoms with Crippen LogP contribution in [0.3, 0.4) is 0 Å². The Bertz CT molecular complexity index is 990. The summed E-state index contributed by atoms with van der Waals surface area (Å²) >= 11 is 0. The van der Waals surface area contributed by atoms with Gasteiger partial charge >= 0.3 is 0 Å². The maximum Gasteiger partial charge on any atom is 0.0874 e. The first-order valence-corrected chi connectivity index (χ1v) is 6.24. The third-order valence-corrected chi connectivity index (χ3v) is 3.96. The molecule has 2 aromatic rings. The van der Waals surface area contributed by atoms with Crippen LogP contribution >= 0.6 is 0 Å². The monoisotopic (exact) mass is 316 g/mol. The minimum atomic E-state index is 0. The van der Waals surface area contributed by atoms with E-state index in [1.165, 1.54) is 0 Å². The fraction of sp³-hybridized carbons (Fsp3) is 0. The van der Waals surface area contributed by atoms with Gasteiger partial charge in [0.2, 0.25) is 0 Å². The molecular formula is C16H10N4Ni. The predicted molar refractivity (Wildman–Crippen MR) is 75.1 cm³/mol. The first-order chi connectivity index (χ1) is 9.61. The van der Waals surface area contributed by atoms with Gasteiger partial charge in [-0.2, -0.15) is 0 Å². The van der Waals surface area contributed by atoms with Crippen molar-refractivity contribution in [2.45, 2.75) is 0 Å². The Morgan fingerprint density at radius 2 is 0.714 bits per heavy atom. The molecule has 21 heavy (non-hydrogen) atoms. The smallest absolute Gasteiger partial charge is 0.0874 e. The summed E-state index contributed by atoms with van der Waals surface area (Å²) in [6.45, 7) is 0. The Morgan fingerprint density at radius 3 is 0.952 bits per heavy atom. The third kappa shape index (κ3) is 1.49. The first-order valence-electron chi connectivity index (χ1n) is 6.24. The van der Waals surface area contributed by atoms with E-state index in [9.17, 15) is 0 Å². The molecule has 0 fully saturated rings. The zero-order valence-corrected chi connectivity index (χ0v) is 11.8. The van der Waals surface area contributed by atoms with Gasteiger partial charge in [0.25, 0.3) is 0 Å². The molecule has 0 saturated heterocycles. The normalized spacial score (nSPS) is 11.2. The fourth-order valence-corrected chi connectivity index (χ4v) is 3.02. The Kier molecular flexibility index (Phi) is 2.78. The zero-order valence-electron chi connectivity index (χ0n) is 10.8. The van der Waals surface area contributed by atoms with Crippen LogP contribution in [-0.4, -0.2) is 0 Å². The molecule has 0 aromatic heterocycles. The Morgan fingerprint density at radius 1 is 0.476 bits per heavy atom. The van der Waals surface area contributed by atoms with Gasteiger partial charge < -0.3 is 0 Å². The molecule has 4 N–H and O–H groups in total. The van der Waals surface area contributed by atoms with Crippen molar-refractivity contribution >= 4 is 21.5 Å². The molecule has 104 valence electrons. The van der Waals surface area contributed by atoms with Crippen molar-refractivity contribution in [1.82, 2.24) is 0 Å². The summed E-state index contributed by atoms with van der Waals surface area (Å²) in [7, 11) is 0. The zero-order chi connectivity index (χ0) is 14.0. The van der Waals surface area contributed by atoms with E-state index in [2.05, 4.69) is 0 Å². The predicted octanol–water partition coefficient (Wildman–Crippen LogP) is 1.33. The summed E-state index contributed by atoms with van der Waals surface area (Å²) in [6, 6.07) is 10.8. The van der Waals surface area contributed by atoms with Crippen molar-refractivity contribution in [3.63, 3.8) is 0 Å². The Labute approximate surface area is 129 Å². The van der Waals surface area contributed by atoms with Crippen LogP contribution < -0.4 is 21.4 Å². The maximum atomic E-state index is 8.17. The molecule has 0 aliphatic heterocycles. The van der Waals surface area contributed by atoms with Crippen LogP contribution in [0.4, 0.5) is 0 Å².